The number of ether oxygens (including phenoxy) is 5. The first kappa shape index (κ1) is 36.1. The summed E-state index contributed by atoms with van der Waals surface area (Å²) in [7, 11) is 0. The van der Waals surface area contributed by atoms with E-state index in [1.165, 1.54) is 12.4 Å². The Hall–Kier alpha value is -3.16. The molecule has 3 unspecified atom stereocenters. The molecular weight excluding hydrogens is 661 g/mol. The molecule has 14 heteroatoms. The number of rotatable bonds is 10. The van der Waals surface area contributed by atoms with Gasteiger partial charge in [-0.2, -0.15) is 5.10 Å². The van der Waals surface area contributed by atoms with E-state index in [9.17, 15) is 9.59 Å². The van der Waals surface area contributed by atoms with Crippen molar-refractivity contribution in [1.29, 1.82) is 0 Å². The number of hydrogen-bond donors (Lipinski definition) is 1. The van der Waals surface area contributed by atoms with Crippen molar-refractivity contribution in [2.75, 3.05) is 32.9 Å². The van der Waals surface area contributed by atoms with E-state index < -0.39 is 35.5 Å². The van der Waals surface area contributed by atoms with Crippen LogP contribution in [0.25, 0.3) is 10.9 Å². The first-order valence-electron chi connectivity index (χ1n) is 16.5. The van der Waals surface area contributed by atoms with Gasteiger partial charge >= 0.3 is 6.09 Å². The molecule has 2 aromatic heterocycles. The number of aromatic nitrogens is 3. The first-order chi connectivity index (χ1) is 22.9. The summed E-state index contributed by atoms with van der Waals surface area (Å²) in [6, 6.07) is 4.74. The van der Waals surface area contributed by atoms with Crippen LogP contribution in [0.15, 0.2) is 30.6 Å². The quantitative estimate of drug-likeness (QED) is 0.220. The molecule has 0 spiro atoms. The van der Waals surface area contributed by atoms with E-state index >= 15 is 0 Å². The Labute approximate surface area is 291 Å². The minimum atomic E-state index is -1.16. The number of fused-ring (bicyclic) bond motifs is 1. The van der Waals surface area contributed by atoms with E-state index in [-0.39, 0.29) is 18.5 Å². The first-order valence-corrected chi connectivity index (χ1v) is 17.3. The number of halogens is 2. The topological polar surface area (TPSA) is 126 Å². The van der Waals surface area contributed by atoms with E-state index in [0.717, 1.165) is 19.3 Å². The molecule has 2 saturated heterocycles. The summed E-state index contributed by atoms with van der Waals surface area (Å²) in [5.41, 5.74) is 0.816. The van der Waals surface area contributed by atoms with Gasteiger partial charge in [-0.05, 0) is 79.0 Å². The van der Waals surface area contributed by atoms with Gasteiger partial charge in [-0.25, -0.2) is 9.48 Å². The monoisotopic (exact) mass is 705 g/mol. The highest BCUT2D eigenvalue weighted by molar-refractivity contribution is 6.35. The lowest BCUT2D eigenvalue weighted by Gasteiger charge is -2.46. The Morgan fingerprint density at radius 3 is 2.46 bits per heavy atom. The molecule has 0 aliphatic carbocycles. The average Bonchev–Trinajstić information content (AvgIpc) is 3.41. The van der Waals surface area contributed by atoms with Crippen LogP contribution < -0.4 is 10.1 Å². The zero-order valence-electron chi connectivity index (χ0n) is 28.4. The summed E-state index contributed by atoms with van der Waals surface area (Å²) >= 11 is 12.8. The largest absolute Gasteiger partial charge is 0.486 e. The molecule has 2 amide bonds. The number of amides is 2. The van der Waals surface area contributed by atoms with E-state index in [2.05, 4.69) is 10.3 Å². The maximum atomic E-state index is 14.3. The Balaban J connectivity index is 1.50. The second kappa shape index (κ2) is 15.2. The van der Waals surface area contributed by atoms with Gasteiger partial charge in [0.2, 0.25) is 0 Å². The molecule has 48 heavy (non-hydrogen) atoms. The lowest BCUT2D eigenvalue weighted by atomic mass is 9.97. The van der Waals surface area contributed by atoms with Crippen molar-refractivity contribution in [3.63, 3.8) is 0 Å². The van der Waals surface area contributed by atoms with Crippen LogP contribution in [0.5, 0.6) is 5.75 Å². The van der Waals surface area contributed by atoms with E-state index in [1.807, 2.05) is 53.7 Å². The predicted octanol–water partition coefficient (Wildman–Crippen LogP) is 7.09. The molecule has 5 rings (SSSR count). The average molecular weight is 707 g/mol. The smallest absolute Gasteiger partial charge is 0.410 e. The van der Waals surface area contributed by atoms with Gasteiger partial charge in [0.1, 0.15) is 23.5 Å². The molecule has 1 N–H and O–H groups in total. The van der Waals surface area contributed by atoms with Gasteiger partial charge in [-0.3, -0.25) is 9.78 Å². The molecule has 0 bridgehead atoms. The number of likely N-dealkylation sites (tertiary alicyclic amines) is 1. The maximum Gasteiger partial charge on any atom is 0.410 e. The third-order valence-corrected chi connectivity index (χ3v) is 8.93. The minimum absolute atomic E-state index is 0.115. The van der Waals surface area contributed by atoms with Crippen molar-refractivity contribution in [2.24, 2.45) is 0 Å². The minimum Gasteiger partial charge on any atom is -0.486 e. The van der Waals surface area contributed by atoms with Gasteiger partial charge in [0.05, 0.1) is 15.6 Å². The summed E-state index contributed by atoms with van der Waals surface area (Å²) in [4.78, 5) is 33.0. The van der Waals surface area contributed by atoms with Crippen molar-refractivity contribution >= 4 is 46.1 Å². The lowest BCUT2D eigenvalue weighted by molar-refractivity contribution is -0.264. The van der Waals surface area contributed by atoms with Gasteiger partial charge in [-0.15, -0.1) is 0 Å². The molecule has 2 aliphatic rings. The van der Waals surface area contributed by atoms with Gasteiger partial charge in [0.25, 0.3) is 5.91 Å². The fourth-order valence-corrected chi connectivity index (χ4v) is 6.91. The van der Waals surface area contributed by atoms with Crippen LogP contribution in [0, 0.1) is 0 Å². The summed E-state index contributed by atoms with van der Waals surface area (Å²) in [6.45, 7) is 12.8. The number of piperidine rings is 1. The maximum absolute atomic E-state index is 14.3. The van der Waals surface area contributed by atoms with Crippen LogP contribution in [0.1, 0.15) is 95.6 Å². The van der Waals surface area contributed by atoms with Gasteiger partial charge in [-0.1, -0.05) is 23.2 Å². The molecule has 0 saturated carbocycles. The van der Waals surface area contributed by atoms with E-state index in [4.69, 9.17) is 52.0 Å². The third kappa shape index (κ3) is 8.00. The number of nitrogens with zero attached hydrogens (tertiary/aromatic N) is 4. The van der Waals surface area contributed by atoms with Crippen LogP contribution in [0.4, 0.5) is 4.79 Å². The highest BCUT2D eigenvalue weighted by atomic mass is 35.5. The lowest BCUT2D eigenvalue weighted by Crippen LogP contribution is -2.65. The molecule has 3 atom stereocenters. The van der Waals surface area contributed by atoms with Gasteiger partial charge < -0.3 is 33.9 Å². The summed E-state index contributed by atoms with van der Waals surface area (Å²) in [5, 5.41) is 9.27. The zero-order valence-corrected chi connectivity index (χ0v) is 29.9. The Morgan fingerprint density at radius 1 is 1.12 bits per heavy atom. The van der Waals surface area contributed by atoms with Crippen molar-refractivity contribution in [2.45, 2.75) is 97.0 Å². The third-order valence-electron chi connectivity index (χ3n) is 8.33. The van der Waals surface area contributed by atoms with Crippen LogP contribution in [-0.2, 0) is 18.9 Å². The van der Waals surface area contributed by atoms with Crippen molar-refractivity contribution in [3.05, 3.63) is 51.9 Å². The molecule has 4 heterocycles. The second-order valence-corrected chi connectivity index (χ2v) is 13.8. The molecule has 3 aromatic rings. The molecule has 12 nitrogen and oxygen atoms in total. The van der Waals surface area contributed by atoms with Crippen LogP contribution >= 0.6 is 23.2 Å². The molecule has 2 fully saturated rings. The molecule has 2 aliphatic heterocycles. The van der Waals surface area contributed by atoms with Crippen LogP contribution in [-0.4, -0.2) is 82.0 Å². The SMILES string of the molecule is CCOC1(OCC)CCN(C(=O)OC(C)(C)C)CC1NC(=O)c1nn(C2CCCCO2)c2ccc(OC(C)c3c(Cl)cncc3Cl)cc12. The van der Waals surface area contributed by atoms with Crippen LogP contribution in [0.3, 0.4) is 0 Å². The second-order valence-electron chi connectivity index (χ2n) is 13.0. The fraction of sp³-hybridized carbons (Fsp3) is 0.588. The normalized spacial score (nSPS) is 20.4. The number of hydrogen-bond acceptors (Lipinski definition) is 9. The summed E-state index contributed by atoms with van der Waals surface area (Å²) in [6.07, 6.45) is 4.75. The molecular formula is C34H45Cl2N5O7. The fourth-order valence-electron chi connectivity index (χ4n) is 6.24. The number of carbonyl (C=O) groups is 2. The zero-order chi connectivity index (χ0) is 34.6. The number of pyridine rings is 1. The Morgan fingerprint density at radius 2 is 1.83 bits per heavy atom. The van der Waals surface area contributed by atoms with Gasteiger partial charge in [0, 0.05) is 62.7 Å². The summed E-state index contributed by atoms with van der Waals surface area (Å²) < 4.78 is 32.2. The number of nitrogens with one attached hydrogen (secondary N) is 1. The molecule has 1 aromatic carbocycles. The standard InChI is InChI=1S/C34H45Cl2N5O7/c1-7-45-34(46-8-2)14-15-40(32(43)48-33(4,5)6)20-27(34)38-31(42)30-23-17-22(47-21(3)29-24(35)18-37-19-25(29)36)12-13-26(23)41(39-30)28-11-9-10-16-44-28/h12-13,17-19,21,27-28H,7-11,14-16,20H2,1-6H3,(H,38,42). The van der Waals surface area contributed by atoms with Gasteiger partial charge in [0.15, 0.2) is 17.7 Å². The highest BCUT2D eigenvalue weighted by Crippen LogP contribution is 2.36. The van der Waals surface area contributed by atoms with Crippen molar-refractivity contribution in [3.8, 4) is 5.75 Å². The molecule has 0 radical (unpaired) electrons. The predicted molar refractivity (Wildman–Crippen MR) is 182 cm³/mol. The highest BCUT2D eigenvalue weighted by Gasteiger charge is 2.48. The number of carbonyl (C=O) groups excluding carboxylic acids is 2. The van der Waals surface area contributed by atoms with Crippen molar-refractivity contribution in [1.82, 2.24) is 25.0 Å². The van der Waals surface area contributed by atoms with Crippen LogP contribution in [0.2, 0.25) is 10.0 Å². The van der Waals surface area contributed by atoms with E-state index in [1.54, 1.807) is 15.6 Å². The van der Waals surface area contributed by atoms with Crippen molar-refractivity contribution < 1.29 is 33.3 Å². The number of benzene rings is 1. The Kier molecular flexibility index (Phi) is 11.4. The van der Waals surface area contributed by atoms with E-state index in [0.29, 0.717) is 65.0 Å². The Bertz CT molecular complexity index is 1580. The summed E-state index contributed by atoms with van der Waals surface area (Å²) in [5.74, 6) is -1.13. The molecule has 262 valence electrons.